The Morgan fingerprint density at radius 1 is 1.00 bits per heavy atom. The zero-order valence-corrected chi connectivity index (χ0v) is 13.8. The van der Waals surface area contributed by atoms with Gasteiger partial charge in [0.1, 0.15) is 0 Å². The van der Waals surface area contributed by atoms with Gasteiger partial charge < -0.3 is 16.0 Å². The highest BCUT2D eigenvalue weighted by molar-refractivity contribution is 6.33. The first-order chi connectivity index (χ1) is 11.6. The molecule has 2 aromatic rings. The summed E-state index contributed by atoms with van der Waals surface area (Å²) in [4.78, 5) is 24.4. The number of anilines is 2. The van der Waals surface area contributed by atoms with Gasteiger partial charge in [-0.2, -0.15) is 0 Å². The van der Waals surface area contributed by atoms with E-state index in [-0.39, 0.29) is 24.4 Å². The average Bonchev–Trinajstić information content (AvgIpc) is 3.38. The van der Waals surface area contributed by atoms with Crippen LogP contribution >= 0.6 is 11.6 Å². The zero-order valence-electron chi connectivity index (χ0n) is 13.0. The fourth-order valence-corrected chi connectivity index (χ4v) is 2.46. The van der Waals surface area contributed by atoms with E-state index < -0.39 is 0 Å². The van der Waals surface area contributed by atoms with Crippen LogP contribution < -0.4 is 16.0 Å². The van der Waals surface area contributed by atoms with Gasteiger partial charge in [-0.3, -0.25) is 9.59 Å². The Bertz CT molecular complexity index is 759. The highest BCUT2D eigenvalue weighted by Crippen LogP contribution is 2.22. The summed E-state index contributed by atoms with van der Waals surface area (Å²) in [7, 11) is 0. The van der Waals surface area contributed by atoms with E-state index >= 15 is 0 Å². The van der Waals surface area contributed by atoms with E-state index in [1.807, 2.05) is 12.1 Å². The summed E-state index contributed by atoms with van der Waals surface area (Å²) in [5.41, 5.74) is 1.66. The summed E-state index contributed by atoms with van der Waals surface area (Å²) in [5, 5.41) is 9.23. The van der Waals surface area contributed by atoms with Crippen LogP contribution in [0.25, 0.3) is 0 Å². The molecular formula is C18H18ClN3O2. The molecule has 6 heteroatoms. The van der Waals surface area contributed by atoms with E-state index in [1.54, 1.807) is 36.4 Å². The zero-order chi connectivity index (χ0) is 16.9. The average molecular weight is 344 g/mol. The third-order valence-electron chi connectivity index (χ3n) is 3.67. The summed E-state index contributed by atoms with van der Waals surface area (Å²) in [6.07, 6.45) is 2.03. The van der Waals surface area contributed by atoms with E-state index in [4.69, 9.17) is 11.6 Å². The van der Waals surface area contributed by atoms with E-state index in [0.29, 0.717) is 22.0 Å². The van der Waals surface area contributed by atoms with Gasteiger partial charge in [-0.25, -0.2) is 0 Å². The van der Waals surface area contributed by atoms with Crippen LogP contribution in [0.3, 0.4) is 0 Å². The second-order valence-corrected chi connectivity index (χ2v) is 6.08. The fourth-order valence-electron chi connectivity index (χ4n) is 2.26. The maximum absolute atomic E-state index is 12.2. The molecule has 124 valence electrons. The summed E-state index contributed by atoms with van der Waals surface area (Å²) in [5.74, 6) is -0.408. The second kappa shape index (κ2) is 7.36. The van der Waals surface area contributed by atoms with Gasteiger partial charge in [-0.1, -0.05) is 35.9 Å². The number of carbonyl (C=O) groups excluding carboxylic acids is 2. The fraction of sp³-hybridized carbons (Fsp3) is 0.222. The van der Waals surface area contributed by atoms with E-state index in [0.717, 1.165) is 12.8 Å². The number of benzene rings is 2. The Labute approximate surface area is 145 Å². The Hall–Kier alpha value is -2.53. The van der Waals surface area contributed by atoms with Crippen molar-refractivity contribution in [3.63, 3.8) is 0 Å². The first kappa shape index (κ1) is 16.3. The monoisotopic (exact) mass is 343 g/mol. The van der Waals surface area contributed by atoms with Crippen molar-refractivity contribution in [2.75, 3.05) is 17.2 Å². The van der Waals surface area contributed by atoms with Gasteiger partial charge >= 0.3 is 0 Å². The molecule has 0 saturated heterocycles. The van der Waals surface area contributed by atoms with Crippen LogP contribution in [-0.4, -0.2) is 24.4 Å². The molecule has 0 bridgehead atoms. The quantitative estimate of drug-likeness (QED) is 0.753. The highest BCUT2D eigenvalue weighted by Gasteiger charge is 2.24. The third kappa shape index (κ3) is 4.26. The van der Waals surface area contributed by atoms with E-state index in [2.05, 4.69) is 16.0 Å². The van der Waals surface area contributed by atoms with Crippen molar-refractivity contribution in [2.24, 2.45) is 0 Å². The van der Waals surface area contributed by atoms with Crippen molar-refractivity contribution in [1.82, 2.24) is 5.32 Å². The largest absolute Gasteiger partial charge is 0.375 e. The molecule has 0 aromatic heterocycles. The third-order valence-corrected chi connectivity index (χ3v) is 4.00. The lowest BCUT2D eigenvalue weighted by Crippen LogP contribution is -2.28. The lowest BCUT2D eigenvalue weighted by atomic mass is 10.1. The number of rotatable bonds is 6. The number of carbonyl (C=O) groups is 2. The number of para-hydroxylation sites is 2. The number of halogens is 1. The first-order valence-electron chi connectivity index (χ1n) is 7.81. The molecule has 0 radical (unpaired) electrons. The van der Waals surface area contributed by atoms with Gasteiger partial charge in [0.05, 0.1) is 28.5 Å². The summed E-state index contributed by atoms with van der Waals surface area (Å²) < 4.78 is 0. The number of amides is 2. The minimum Gasteiger partial charge on any atom is -0.375 e. The predicted octanol–water partition coefficient (Wildman–Crippen LogP) is 3.28. The van der Waals surface area contributed by atoms with Crippen molar-refractivity contribution >= 4 is 34.8 Å². The van der Waals surface area contributed by atoms with Gasteiger partial charge in [0.25, 0.3) is 5.91 Å². The molecule has 5 nitrogen and oxygen atoms in total. The van der Waals surface area contributed by atoms with Crippen LogP contribution in [0.4, 0.5) is 11.4 Å². The van der Waals surface area contributed by atoms with Gasteiger partial charge in [-0.05, 0) is 37.1 Å². The molecule has 1 fully saturated rings. The first-order valence-corrected chi connectivity index (χ1v) is 8.19. The number of hydrogen-bond acceptors (Lipinski definition) is 3. The minimum absolute atomic E-state index is 0.0578. The SMILES string of the molecule is O=C(CNc1ccccc1Cl)Nc1ccccc1C(=O)NC1CC1. The molecule has 0 spiro atoms. The molecule has 0 atom stereocenters. The van der Waals surface area contributed by atoms with Crippen molar-refractivity contribution in [1.29, 1.82) is 0 Å². The van der Waals surface area contributed by atoms with Crippen LogP contribution in [0, 0.1) is 0 Å². The molecule has 1 aliphatic rings. The maximum Gasteiger partial charge on any atom is 0.253 e. The molecule has 3 N–H and O–H groups in total. The normalized spacial score (nSPS) is 13.2. The molecule has 1 aliphatic carbocycles. The van der Waals surface area contributed by atoms with Crippen LogP contribution in [0.5, 0.6) is 0 Å². The minimum atomic E-state index is -0.249. The highest BCUT2D eigenvalue weighted by atomic mass is 35.5. The smallest absolute Gasteiger partial charge is 0.253 e. The van der Waals surface area contributed by atoms with Gasteiger partial charge in [0.2, 0.25) is 5.91 Å². The molecular weight excluding hydrogens is 326 g/mol. The summed E-state index contributed by atoms with van der Waals surface area (Å²) in [6, 6.07) is 14.5. The summed E-state index contributed by atoms with van der Waals surface area (Å²) in [6.45, 7) is 0.0578. The van der Waals surface area contributed by atoms with Gasteiger partial charge in [0, 0.05) is 6.04 Å². The van der Waals surface area contributed by atoms with Gasteiger partial charge in [0.15, 0.2) is 0 Å². The second-order valence-electron chi connectivity index (χ2n) is 5.67. The van der Waals surface area contributed by atoms with Crippen molar-refractivity contribution in [3.8, 4) is 0 Å². The van der Waals surface area contributed by atoms with Crippen LogP contribution in [0.2, 0.25) is 5.02 Å². The number of hydrogen-bond donors (Lipinski definition) is 3. The number of nitrogens with one attached hydrogen (secondary N) is 3. The molecule has 0 heterocycles. The Morgan fingerprint density at radius 3 is 2.38 bits per heavy atom. The maximum atomic E-state index is 12.2. The predicted molar refractivity (Wildman–Crippen MR) is 95.5 cm³/mol. The van der Waals surface area contributed by atoms with E-state index in [9.17, 15) is 9.59 Å². The Morgan fingerprint density at radius 2 is 1.67 bits per heavy atom. The van der Waals surface area contributed by atoms with Crippen LogP contribution in [0.15, 0.2) is 48.5 Å². The Balaban J connectivity index is 1.61. The van der Waals surface area contributed by atoms with Gasteiger partial charge in [-0.15, -0.1) is 0 Å². The van der Waals surface area contributed by atoms with Crippen LogP contribution in [-0.2, 0) is 4.79 Å². The Kier molecular flexibility index (Phi) is 5.01. The molecule has 2 aromatic carbocycles. The molecule has 1 saturated carbocycles. The van der Waals surface area contributed by atoms with Crippen molar-refractivity contribution in [3.05, 3.63) is 59.1 Å². The summed E-state index contributed by atoms with van der Waals surface area (Å²) >= 11 is 6.04. The molecule has 0 unspecified atom stereocenters. The van der Waals surface area contributed by atoms with Crippen molar-refractivity contribution in [2.45, 2.75) is 18.9 Å². The lowest BCUT2D eigenvalue weighted by Gasteiger charge is -2.12. The molecule has 0 aliphatic heterocycles. The van der Waals surface area contributed by atoms with Crippen molar-refractivity contribution < 1.29 is 9.59 Å². The van der Waals surface area contributed by atoms with E-state index in [1.165, 1.54) is 0 Å². The standard InChI is InChI=1S/C18H18ClN3O2/c19-14-6-2-4-8-16(14)20-11-17(23)22-15-7-3-1-5-13(15)18(24)21-12-9-10-12/h1-8,12,20H,9-11H2,(H,21,24)(H,22,23). The molecule has 2 amide bonds. The molecule has 3 rings (SSSR count). The topological polar surface area (TPSA) is 70.2 Å². The molecule has 24 heavy (non-hydrogen) atoms. The van der Waals surface area contributed by atoms with Crippen LogP contribution in [0.1, 0.15) is 23.2 Å². The lowest BCUT2D eigenvalue weighted by molar-refractivity contribution is -0.114.